The van der Waals surface area contributed by atoms with Gasteiger partial charge in [0.05, 0.1) is 6.61 Å². The standard InChI is InChI=1S/C17H29NO/c1-14(18-5)8-6-7-13-19-16-11-9-15(10-12-16)17(2,3)4/h9-12,14,18H,6-8,13H2,1-5H3. The van der Waals surface area contributed by atoms with E-state index in [-0.39, 0.29) is 5.41 Å². The predicted molar refractivity (Wildman–Crippen MR) is 83.0 cm³/mol. The highest BCUT2D eigenvalue weighted by Gasteiger charge is 2.12. The first-order valence-electron chi connectivity index (χ1n) is 7.34. The number of hydrogen-bond acceptors (Lipinski definition) is 2. The Bertz CT molecular complexity index is 351. The van der Waals surface area contributed by atoms with Crippen LogP contribution in [0.2, 0.25) is 0 Å². The molecule has 108 valence electrons. The van der Waals surface area contributed by atoms with Crippen molar-refractivity contribution in [1.82, 2.24) is 5.32 Å². The molecule has 0 heterocycles. The average molecular weight is 263 g/mol. The van der Waals surface area contributed by atoms with Crippen molar-refractivity contribution in [2.24, 2.45) is 0 Å². The van der Waals surface area contributed by atoms with Crippen LogP contribution >= 0.6 is 0 Å². The molecule has 1 rings (SSSR count). The third-order valence-corrected chi connectivity index (χ3v) is 3.51. The van der Waals surface area contributed by atoms with Crippen molar-refractivity contribution < 1.29 is 4.74 Å². The maximum absolute atomic E-state index is 5.77. The molecule has 1 unspecified atom stereocenters. The van der Waals surface area contributed by atoms with Gasteiger partial charge in [0.25, 0.3) is 0 Å². The van der Waals surface area contributed by atoms with Gasteiger partial charge in [-0.15, -0.1) is 0 Å². The lowest BCUT2D eigenvalue weighted by atomic mass is 9.87. The van der Waals surface area contributed by atoms with E-state index in [1.165, 1.54) is 18.4 Å². The van der Waals surface area contributed by atoms with E-state index in [2.05, 4.69) is 57.3 Å². The zero-order valence-corrected chi connectivity index (χ0v) is 13.1. The van der Waals surface area contributed by atoms with Gasteiger partial charge in [0.1, 0.15) is 5.75 Å². The van der Waals surface area contributed by atoms with Crippen molar-refractivity contribution in [2.75, 3.05) is 13.7 Å². The quantitative estimate of drug-likeness (QED) is 0.746. The van der Waals surface area contributed by atoms with Crippen LogP contribution in [-0.2, 0) is 5.41 Å². The Balaban J connectivity index is 2.27. The lowest BCUT2D eigenvalue weighted by Gasteiger charge is -2.19. The number of rotatable bonds is 7. The van der Waals surface area contributed by atoms with Gasteiger partial charge >= 0.3 is 0 Å². The Hall–Kier alpha value is -1.02. The Morgan fingerprint density at radius 1 is 1.11 bits per heavy atom. The number of nitrogens with one attached hydrogen (secondary N) is 1. The first-order valence-corrected chi connectivity index (χ1v) is 7.34. The minimum Gasteiger partial charge on any atom is -0.494 e. The fraction of sp³-hybridized carbons (Fsp3) is 0.647. The van der Waals surface area contributed by atoms with Gasteiger partial charge < -0.3 is 10.1 Å². The number of benzene rings is 1. The maximum Gasteiger partial charge on any atom is 0.119 e. The molecule has 0 saturated heterocycles. The zero-order chi connectivity index (χ0) is 14.3. The molecular weight excluding hydrogens is 234 g/mol. The van der Waals surface area contributed by atoms with Crippen molar-refractivity contribution in [2.45, 2.75) is 58.4 Å². The third kappa shape index (κ3) is 6.11. The van der Waals surface area contributed by atoms with Crippen LogP contribution in [0.4, 0.5) is 0 Å². The molecule has 0 bridgehead atoms. The topological polar surface area (TPSA) is 21.3 Å². The molecule has 19 heavy (non-hydrogen) atoms. The molecule has 0 aliphatic heterocycles. The summed E-state index contributed by atoms with van der Waals surface area (Å²) < 4.78 is 5.77. The first kappa shape index (κ1) is 16.0. The summed E-state index contributed by atoms with van der Waals surface area (Å²) in [5.41, 5.74) is 1.56. The fourth-order valence-electron chi connectivity index (χ4n) is 1.94. The van der Waals surface area contributed by atoms with Crippen LogP contribution in [0, 0.1) is 0 Å². The van der Waals surface area contributed by atoms with E-state index in [0.717, 1.165) is 18.8 Å². The molecule has 0 fully saturated rings. The van der Waals surface area contributed by atoms with Gasteiger partial charge in [-0.1, -0.05) is 32.9 Å². The van der Waals surface area contributed by atoms with E-state index in [0.29, 0.717) is 6.04 Å². The van der Waals surface area contributed by atoms with Crippen LogP contribution in [0.25, 0.3) is 0 Å². The van der Waals surface area contributed by atoms with Gasteiger partial charge in [0.15, 0.2) is 0 Å². The first-order chi connectivity index (χ1) is 8.93. The van der Waals surface area contributed by atoms with Crippen LogP contribution in [0.1, 0.15) is 52.5 Å². The molecule has 0 saturated carbocycles. The van der Waals surface area contributed by atoms with Crippen LogP contribution < -0.4 is 10.1 Å². The van der Waals surface area contributed by atoms with Crippen molar-refractivity contribution >= 4 is 0 Å². The largest absolute Gasteiger partial charge is 0.494 e. The summed E-state index contributed by atoms with van der Waals surface area (Å²) in [6.07, 6.45) is 3.54. The maximum atomic E-state index is 5.77. The van der Waals surface area contributed by atoms with Gasteiger partial charge in [-0.25, -0.2) is 0 Å². The van der Waals surface area contributed by atoms with Crippen molar-refractivity contribution in [3.05, 3.63) is 29.8 Å². The Morgan fingerprint density at radius 3 is 2.26 bits per heavy atom. The second-order valence-electron chi connectivity index (χ2n) is 6.31. The van der Waals surface area contributed by atoms with Gasteiger partial charge in [0.2, 0.25) is 0 Å². The zero-order valence-electron chi connectivity index (χ0n) is 13.1. The summed E-state index contributed by atoms with van der Waals surface area (Å²) in [6, 6.07) is 9.09. The smallest absolute Gasteiger partial charge is 0.119 e. The monoisotopic (exact) mass is 263 g/mol. The van der Waals surface area contributed by atoms with E-state index in [1.807, 2.05) is 7.05 Å². The highest BCUT2D eigenvalue weighted by molar-refractivity contribution is 5.31. The minimum atomic E-state index is 0.210. The van der Waals surface area contributed by atoms with E-state index in [9.17, 15) is 0 Å². The minimum absolute atomic E-state index is 0.210. The average Bonchev–Trinajstić information content (AvgIpc) is 2.37. The summed E-state index contributed by atoms with van der Waals surface area (Å²) in [4.78, 5) is 0. The molecule has 0 aromatic heterocycles. The predicted octanol–water partition coefficient (Wildman–Crippen LogP) is 4.14. The van der Waals surface area contributed by atoms with E-state index < -0.39 is 0 Å². The van der Waals surface area contributed by atoms with Gasteiger partial charge in [-0.05, 0) is 56.3 Å². The number of unbranched alkanes of at least 4 members (excludes halogenated alkanes) is 1. The van der Waals surface area contributed by atoms with E-state index in [1.54, 1.807) is 0 Å². The number of ether oxygens (including phenoxy) is 1. The molecule has 1 atom stereocenters. The SMILES string of the molecule is CNC(C)CCCCOc1ccc(C(C)(C)C)cc1. The van der Waals surface area contributed by atoms with Crippen molar-refractivity contribution in [1.29, 1.82) is 0 Å². The highest BCUT2D eigenvalue weighted by Crippen LogP contribution is 2.24. The fourth-order valence-corrected chi connectivity index (χ4v) is 1.94. The van der Waals surface area contributed by atoms with Crippen molar-refractivity contribution in [3.8, 4) is 5.75 Å². The molecule has 0 radical (unpaired) electrons. The van der Waals surface area contributed by atoms with Crippen LogP contribution in [0.15, 0.2) is 24.3 Å². The molecule has 1 N–H and O–H groups in total. The Morgan fingerprint density at radius 2 is 1.74 bits per heavy atom. The van der Waals surface area contributed by atoms with Gasteiger partial charge in [-0.3, -0.25) is 0 Å². The molecule has 0 aliphatic carbocycles. The molecule has 0 amide bonds. The van der Waals surface area contributed by atoms with Gasteiger partial charge in [-0.2, -0.15) is 0 Å². The Kier molecular flexibility index (Phi) is 6.36. The molecule has 0 spiro atoms. The van der Waals surface area contributed by atoms with Crippen molar-refractivity contribution in [3.63, 3.8) is 0 Å². The van der Waals surface area contributed by atoms with Crippen LogP contribution in [-0.4, -0.2) is 19.7 Å². The number of hydrogen-bond donors (Lipinski definition) is 1. The second-order valence-corrected chi connectivity index (χ2v) is 6.31. The normalized spacial score (nSPS) is 13.3. The van der Waals surface area contributed by atoms with E-state index in [4.69, 9.17) is 4.74 Å². The van der Waals surface area contributed by atoms with Gasteiger partial charge in [0, 0.05) is 6.04 Å². The summed E-state index contributed by atoms with van der Waals surface area (Å²) in [7, 11) is 2.01. The van der Waals surface area contributed by atoms with Crippen LogP contribution in [0.3, 0.4) is 0 Å². The lowest BCUT2D eigenvalue weighted by Crippen LogP contribution is -2.20. The Labute approximate surface area is 118 Å². The molecule has 2 nitrogen and oxygen atoms in total. The lowest BCUT2D eigenvalue weighted by molar-refractivity contribution is 0.302. The molecule has 0 aliphatic rings. The molecular formula is C17H29NO. The molecule has 2 heteroatoms. The molecule has 1 aromatic carbocycles. The summed E-state index contributed by atoms with van der Waals surface area (Å²) in [6.45, 7) is 9.71. The van der Waals surface area contributed by atoms with E-state index >= 15 is 0 Å². The molecule has 1 aromatic rings. The highest BCUT2D eigenvalue weighted by atomic mass is 16.5. The third-order valence-electron chi connectivity index (χ3n) is 3.51. The van der Waals surface area contributed by atoms with Crippen LogP contribution in [0.5, 0.6) is 5.75 Å². The summed E-state index contributed by atoms with van der Waals surface area (Å²) in [5, 5.41) is 3.25. The summed E-state index contributed by atoms with van der Waals surface area (Å²) in [5.74, 6) is 0.981. The summed E-state index contributed by atoms with van der Waals surface area (Å²) >= 11 is 0. The second kappa shape index (κ2) is 7.54.